The maximum Gasteiger partial charge on any atom is 0.238 e. The summed E-state index contributed by atoms with van der Waals surface area (Å²) in [5, 5.41) is 2.78. The monoisotopic (exact) mass is 361 g/mol. The zero-order chi connectivity index (χ0) is 18.1. The fourth-order valence-electron chi connectivity index (χ4n) is 2.16. The van der Waals surface area contributed by atoms with Crippen LogP contribution in [-0.2, 0) is 11.2 Å². The molecule has 0 fully saturated rings. The highest BCUT2D eigenvalue weighted by molar-refractivity contribution is 7.80. The van der Waals surface area contributed by atoms with Crippen LogP contribution in [0.15, 0.2) is 48.5 Å². The highest BCUT2D eigenvalue weighted by Gasteiger charge is 2.08. The number of amides is 1. The number of nitrogens with one attached hydrogen (secondary N) is 3. The first-order valence-corrected chi connectivity index (χ1v) is 8.32. The summed E-state index contributed by atoms with van der Waals surface area (Å²) < 4.78 is 19.0. The summed E-state index contributed by atoms with van der Waals surface area (Å²) in [5.74, 6) is 0.122. The predicted molar refractivity (Wildman–Crippen MR) is 99.8 cm³/mol. The number of aryl methyl sites for hydroxylation is 1. The van der Waals surface area contributed by atoms with Crippen LogP contribution in [0.25, 0.3) is 0 Å². The number of rotatable bonds is 6. The normalized spacial score (nSPS) is 10.0. The highest BCUT2D eigenvalue weighted by Crippen LogP contribution is 2.19. The molecule has 0 aromatic heterocycles. The van der Waals surface area contributed by atoms with Gasteiger partial charge in [0.25, 0.3) is 0 Å². The standard InChI is InChI=1S/C18H20FN3O2S/c1-2-24-16-10-6-3-7-13(16)11-12-17(23)21-22-18(25)20-15-9-5-4-8-14(15)19/h3-10H,2,11-12H2,1H3,(H,21,23)(H2,20,22,25). The van der Waals surface area contributed by atoms with Gasteiger partial charge in [0.05, 0.1) is 12.3 Å². The molecule has 3 N–H and O–H groups in total. The van der Waals surface area contributed by atoms with Crippen molar-refractivity contribution in [2.45, 2.75) is 19.8 Å². The van der Waals surface area contributed by atoms with E-state index in [-0.39, 0.29) is 23.1 Å². The van der Waals surface area contributed by atoms with Crippen LogP contribution in [0, 0.1) is 5.82 Å². The highest BCUT2D eigenvalue weighted by atomic mass is 32.1. The molecule has 0 spiro atoms. The minimum Gasteiger partial charge on any atom is -0.494 e. The molecule has 0 bridgehead atoms. The Kier molecular flexibility index (Phi) is 7.16. The second kappa shape index (κ2) is 9.58. The summed E-state index contributed by atoms with van der Waals surface area (Å²) in [6.07, 6.45) is 0.802. The summed E-state index contributed by atoms with van der Waals surface area (Å²) in [6.45, 7) is 2.48. The lowest BCUT2D eigenvalue weighted by molar-refractivity contribution is -0.121. The summed E-state index contributed by atoms with van der Waals surface area (Å²) >= 11 is 5.02. The molecule has 25 heavy (non-hydrogen) atoms. The molecule has 0 heterocycles. The molecule has 5 nitrogen and oxygen atoms in total. The number of carbonyl (C=O) groups excluding carboxylic acids is 1. The van der Waals surface area contributed by atoms with Crippen molar-refractivity contribution in [1.82, 2.24) is 10.9 Å². The summed E-state index contributed by atoms with van der Waals surface area (Å²) in [5.41, 5.74) is 6.25. The molecule has 132 valence electrons. The molecule has 0 aliphatic carbocycles. The zero-order valence-electron chi connectivity index (χ0n) is 13.8. The quantitative estimate of drug-likeness (QED) is 0.545. The van der Waals surface area contributed by atoms with E-state index in [1.165, 1.54) is 6.07 Å². The Hall–Kier alpha value is -2.67. The van der Waals surface area contributed by atoms with Crippen LogP contribution in [0.1, 0.15) is 18.9 Å². The number of hydrazine groups is 1. The molecule has 0 aliphatic heterocycles. The van der Waals surface area contributed by atoms with Gasteiger partial charge in [-0.1, -0.05) is 30.3 Å². The molecular formula is C18H20FN3O2S. The van der Waals surface area contributed by atoms with Gasteiger partial charge in [-0.3, -0.25) is 15.6 Å². The van der Waals surface area contributed by atoms with E-state index in [2.05, 4.69) is 16.2 Å². The van der Waals surface area contributed by atoms with Gasteiger partial charge in [0, 0.05) is 6.42 Å². The molecule has 0 saturated heterocycles. The van der Waals surface area contributed by atoms with Gasteiger partial charge in [-0.25, -0.2) is 4.39 Å². The molecule has 1 amide bonds. The van der Waals surface area contributed by atoms with E-state index in [0.717, 1.165) is 11.3 Å². The van der Waals surface area contributed by atoms with Gasteiger partial charge in [-0.2, -0.15) is 0 Å². The number of ether oxygens (including phenoxy) is 1. The molecule has 0 saturated carbocycles. The van der Waals surface area contributed by atoms with E-state index in [1.807, 2.05) is 31.2 Å². The van der Waals surface area contributed by atoms with Gasteiger partial charge in [0.1, 0.15) is 11.6 Å². The van der Waals surface area contributed by atoms with Crippen molar-refractivity contribution < 1.29 is 13.9 Å². The molecule has 2 aromatic rings. The van der Waals surface area contributed by atoms with Crippen LogP contribution >= 0.6 is 12.2 Å². The van der Waals surface area contributed by atoms with Gasteiger partial charge in [0.2, 0.25) is 5.91 Å². The molecule has 2 aromatic carbocycles. The van der Waals surface area contributed by atoms with Crippen LogP contribution in [0.3, 0.4) is 0 Å². The number of benzene rings is 2. The number of carbonyl (C=O) groups is 1. The van der Waals surface area contributed by atoms with E-state index in [1.54, 1.807) is 18.2 Å². The van der Waals surface area contributed by atoms with Crippen molar-refractivity contribution in [3.63, 3.8) is 0 Å². The molecule has 2 rings (SSSR count). The van der Waals surface area contributed by atoms with E-state index in [9.17, 15) is 9.18 Å². The first-order chi connectivity index (χ1) is 12.1. The molecule has 0 aliphatic rings. The van der Waals surface area contributed by atoms with Crippen molar-refractivity contribution in [1.29, 1.82) is 0 Å². The fraction of sp³-hybridized carbons (Fsp3) is 0.222. The molecule has 0 atom stereocenters. The first kappa shape index (κ1) is 18.7. The Labute approximate surface area is 151 Å². The Bertz CT molecular complexity index is 740. The fourth-order valence-corrected chi connectivity index (χ4v) is 2.32. The smallest absolute Gasteiger partial charge is 0.238 e. The maximum absolute atomic E-state index is 13.5. The topological polar surface area (TPSA) is 62.4 Å². The third kappa shape index (κ3) is 6.04. The number of halogens is 1. The average Bonchev–Trinajstić information content (AvgIpc) is 2.61. The first-order valence-electron chi connectivity index (χ1n) is 7.91. The second-order valence-corrected chi connectivity index (χ2v) is 5.56. The third-order valence-electron chi connectivity index (χ3n) is 3.33. The third-order valence-corrected chi connectivity index (χ3v) is 3.54. The Morgan fingerprint density at radius 3 is 2.60 bits per heavy atom. The lowest BCUT2D eigenvalue weighted by Gasteiger charge is -2.13. The number of thiocarbonyl (C=S) groups is 1. The van der Waals surface area contributed by atoms with Gasteiger partial charge in [0.15, 0.2) is 5.11 Å². The minimum atomic E-state index is -0.425. The van der Waals surface area contributed by atoms with Crippen LogP contribution < -0.4 is 20.9 Å². The lowest BCUT2D eigenvalue weighted by Crippen LogP contribution is -2.43. The Balaban J connectivity index is 1.77. The molecular weight excluding hydrogens is 341 g/mol. The van der Waals surface area contributed by atoms with Crippen molar-refractivity contribution in [3.05, 3.63) is 59.9 Å². The number of anilines is 1. The van der Waals surface area contributed by atoms with Gasteiger partial charge in [-0.15, -0.1) is 0 Å². The van der Waals surface area contributed by atoms with Crippen molar-refractivity contribution in [3.8, 4) is 5.75 Å². The SMILES string of the molecule is CCOc1ccccc1CCC(=O)NNC(=S)Nc1ccccc1F. The average molecular weight is 361 g/mol. The lowest BCUT2D eigenvalue weighted by atomic mass is 10.1. The largest absolute Gasteiger partial charge is 0.494 e. The zero-order valence-corrected chi connectivity index (χ0v) is 14.7. The van der Waals surface area contributed by atoms with Crippen molar-refractivity contribution >= 4 is 28.9 Å². The summed E-state index contributed by atoms with van der Waals surface area (Å²) in [7, 11) is 0. The Morgan fingerprint density at radius 2 is 1.84 bits per heavy atom. The van der Waals surface area contributed by atoms with Gasteiger partial charge < -0.3 is 10.1 Å². The van der Waals surface area contributed by atoms with Gasteiger partial charge >= 0.3 is 0 Å². The summed E-state index contributed by atoms with van der Waals surface area (Å²) in [6, 6.07) is 13.7. The van der Waals surface area contributed by atoms with E-state index < -0.39 is 5.82 Å². The molecule has 0 unspecified atom stereocenters. The molecule has 0 radical (unpaired) electrons. The van der Waals surface area contributed by atoms with E-state index >= 15 is 0 Å². The van der Waals surface area contributed by atoms with Crippen LogP contribution in [0.5, 0.6) is 5.75 Å². The predicted octanol–water partition coefficient (Wildman–Crippen LogP) is 3.17. The van der Waals surface area contributed by atoms with E-state index in [0.29, 0.717) is 13.0 Å². The van der Waals surface area contributed by atoms with Crippen molar-refractivity contribution in [2.75, 3.05) is 11.9 Å². The van der Waals surface area contributed by atoms with Crippen molar-refractivity contribution in [2.24, 2.45) is 0 Å². The van der Waals surface area contributed by atoms with Gasteiger partial charge in [-0.05, 0) is 49.3 Å². The van der Waals surface area contributed by atoms with Crippen LogP contribution in [-0.4, -0.2) is 17.6 Å². The van der Waals surface area contributed by atoms with Crippen LogP contribution in [0.2, 0.25) is 0 Å². The second-order valence-electron chi connectivity index (χ2n) is 5.15. The number of hydrogen-bond donors (Lipinski definition) is 3. The van der Waals surface area contributed by atoms with Crippen LogP contribution in [0.4, 0.5) is 10.1 Å². The molecule has 7 heteroatoms. The summed E-state index contributed by atoms with van der Waals surface area (Å²) in [4.78, 5) is 11.9. The van der Waals surface area contributed by atoms with E-state index in [4.69, 9.17) is 17.0 Å². The number of hydrogen-bond acceptors (Lipinski definition) is 3. The number of para-hydroxylation sites is 2. The Morgan fingerprint density at radius 1 is 1.12 bits per heavy atom. The maximum atomic E-state index is 13.5. The minimum absolute atomic E-state index is 0.105.